The molecule has 6 nitrogen and oxygen atoms in total. The van der Waals surface area contributed by atoms with Crippen molar-refractivity contribution in [2.75, 3.05) is 18.4 Å². The maximum absolute atomic E-state index is 12.8. The lowest BCUT2D eigenvalue weighted by atomic mass is 9.87. The smallest absolute Gasteiger partial charge is 0.321 e. The number of rotatable bonds is 3. The Morgan fingerprint density at radius 3 is 2.69 bits per heavy atom. The quantitative estimate of drug-likeness (QED) is 0.618. The van der Waals surface area contributed by atoms with E-state index in [2.05, 4.69) is 48.4 Å². The van der Waals surface area contributed by atoms with Crippen molar-refractivity contribution in [2.45, 2.75) is 44.9 Å². The average Bonchev–Trinajstić information content (AvgIpc) is 3.39. The van der Waals surface area contributed by atoms with E-state index in [1.165, 1.54) is 5.56 Å². The standard InChI is InChI=1S/C22H26N4O2S/c1-22(2,3)17-6-8-18(9-7-17)23-21(27)26-11-4-5-15(13-26)19-24-25-20(28-19)16-10-12-29-14-16/h6-10,12,14-15H,4-5,11,13H2,1-3H3,(H,23,27). The second kappa shape index (κ2) is 7.99. The van der Waals surface area contributed by atoms with Gasteiger partial charge in [0.05, 0.1) is 5.92 Å². The van der Waals surface area contributed by atoms with E-state index >= 15 is 0 Å². The van der Waals surface area contributed by atoms with Crippen LogP contribution in [0.1, 0.15) is 51.0 Å². The van der Waals surface area contributed by atoms with Gasteiger partial charge >= 0.3 is 6.03 Å². The molecule has 2 amide bonds. The number of nitrogens with one attached hydrogen (secondary N) is 1. The fraction of sp³-hybridized carbons (Fsp3) is 0.409. The zero-order valence-corrected chi connectivity index (χ0v) is 17.8. The van der Waals surface area contributed by atoms with Crippen molar-refractivity contribution in [3.05, 3.63) is 52.5 Å². The van der Waals surface area contributed by atoms with Gasteiger partial charge in [-0.2, -0.15) is 11.3 Å². The van der Waals surface area contributed by atoms with Crippen molar-refractivity contribution < 1.29 is 9.21 Å². The molecule has 1 unspecified atom stereocenters. The molecule has 0 spiro atoms. The van der Waals surface area contributed by atoms with Crippen LogP contribution in [0.3, 0.4) is 0 Å². The molecule has 4 rings (SSSR count). The van der Waals surface area contributed by atoms with E-state index in [4.69, 9.17) is 4.42 Å². The van der Waals surface area contributed by atoms with Crippen LogP contribution in [0.25, 0.3) is 11.5 Å². The molecule has 3 aromatic rings. The Balaban J connectivity index is 1.40. The van der Waals surface area contributed by atoms with Crippen LogP contribution >= 0.6 is 11.3 Å². The lowest BCUT2D eigenvalue weighted by Gasteiger charge is -2.31. The van der Waals surface area contributed by atoms with Crippen LogP contribution in [0.4, 0.5) is 10.5 Å². The van der Waals surface area contributed by atoms with E-state index in [0.29, 0.717) is 18.3 Å². The molecule has 1 fully saturated rings. The third kappa shape index (κ3) is 4.50. The molecule has 1 saturated heterocycles. The molecule has 0 bridgehead atoms. The normalized spacial score (nSPS) is 17.3. The summed E-state index contributed by atoms with van der Waals surface area (Å²) in [7, 11) is 0. The third-order valence-corrected chi connectivity index (χ3v) is 5.95. The van der Waals surface area contributed by atoms with Gasteiger partial charge in [0.25, 0.3) is 0 Å². The topological polar surface area (TPSA) is 71.3 Å². The van der Waals surface area contributed by atoms with Gasteiger partial charge in [0, 0.05) is 29.7 Å². The molecular formula is C22H26N4O2S. The minimum absolute atomic E-state index is 0.0673. The lowest BCUT2D eigenvalue weighted by Crippen LogP contribution is -2.41. The summed E-state index contributed by atoms with van der Waals surface area (Å²) in [5.74, 6) is 1.22. The van der Waals surface area contributed by atoms with Gasteiger partial charge in [0.15, 0.2) is 0 Å². The number of thiophene rings is 1. The van der Waals surface area contributed by atoms with Crippen LogP contribution in [0.2, 0.25) is 0 Å². The highest BCUT2D eigenvalue weighted by Crippen LogP contribution is 2.29. The molecule has 3 heterocycles. The number of anilines is 1. The van der Waals surface area contributed by atoms with Crippen molar-refractivity contribution in [1.82, 2.24) is 15.1 Å². The first-order valence-corrected chi connectivity index (χ1v) is 10.9. The van der Waals surface area contributed by atoms with Crippen LogP contribution in [0.15, 0.2) is 45.5 Å². The summed E-state index contributed by atoms with van der Waals surface area (Å²) in [6.07, 6.45) is 1.85. The van der Waals surface area contributed by atoms with Crippen molar-refractivity contribution in [3.8, 4) is 11.5 Å². The second-order valence-electron chi connectivity index (χ2n) is 8.50. The van der Waals surface area contributed by atoms with Gasteiger partial charge in [-0.3, -0.25) is 0 Å². The number of carbonyl (C=O) groups excluding carboxylic acids is 1. The monoisotopic (exact) mass is 410 g/mol. The predicted octanol–water partition coefficient (Wildman–Crippen LogP) is 5.51. The van der Waals surface area contributed by atoms with Crippen molar-refractivity contribution in [2.24, 2.45) is 0 Å². The molecule has 29 heavy (non-hydrogen) atoms. The number of hydrogen-bond donors (Lipinski definition) is 1. The maximum Gasteiger partial charge on any atom is 0.321 e. The number of nitrogens with zero attached hydrogens (tertiary/aromatic N) is 3. The average molecular weight is 411 g/mol. The van der Waals surface area contributed by atoms with Crippen molar-refractivity contribution in [1.29, 1.82) is 0 Å². The third-order valence-electron chi connectivity index (χ3n) is 5.27. The molecule has 1 N–H and O–H groups in total. The molecule has 0 aliphatic carbocycles. The van der Waals surface area contributed by atoms with E-state index in [-0.39, 0.29) is 17.4 Å². The summed E-state index contributed by atoms with van der Waals surface area (Å²) in [4.78, 5) is 14.6. The molecule has 1 aliphatic rings. The molecule has 1 aliphatic heterocycles. The first-order chi connectivity index (χ1) is 13.9. The summed E-state index contributed by atoms with van der Waals surface area (Å²) in [6.45, 7) is 7.84. The first-order valence-electron chi connectivity index (χ1n) is 9.92. The van der Waals surface area contributed by atoms with E-state index in [1.807, 2.05) is 33.9 Å². The molecule has 2 aromatic heterocycles. The molecule has 0 saturated carbocycles. The Hall–Kier alpha value is -2.67. The number of benzene rings is 1. The number of aromatic nitrogens is 2. The zero-order chi connectivity index (χ0) is 20.4. The lowest BCUT2D eigenvalue weighted by molar-refractivity contribution is 0.187. The SMILES string of the molecule is CC(C)(C)c1ccc(NC(=O)N2CCCC(c3nnc(-c4ccsc4)o3)C2)cc1. The number of amides is 2. The van der Waals surface area contributed by atoms with Crippen LogP contribution in [-0.2, 0) is 5.41 Å². The summed E-state index contributed by atoms with van der Waals surface area (Å²) < 4.78 is 5.88. The second-order valence-corrected chi connectivity index (χ2v) is 9.28. The van der Waals surface area contributed by atoms with Crippen LogP contribution in [0.5, 0.6) is 0 Å². The van der Waals surface area contributed by atoms with Gasteiger partial charge in [0.2, 0.25) is 11.8 Å². The number of likely N-dealkylation sites (tertiary alicyclic amines) is 1. The maximum atomic E-state index is 12.8. The molecule has 0 radical (unpaired) electrons. The molecule has 1 aromatic carbocycles. The summed E-state index contributed by atoms with van der Waals surface area (Å²) in [5.41, 5.74) is 3.08. The van der Waals surface area contributed by atoms with Crippen molar-refractivity contribution >= 4 is 23.1 Å². The first kappa shape index (κ1) is 19.6. The Bertz CT molecular complexity index is 958. The summed E-state index contributed by atoms with van der Waals surface area (Å²) in [5, 5.41) is 15.4. The van der Waals surface area contributed by atoms with E-state index in [0.717, 1.165) is 30.6 Å². The molecular weight excluding hydrogens is 384 g/mol. The zero-order valence-electron chi connectivity index (χ0n) is 17.0. The number of carbonyl (C=O) groups is 1. The minimum atomic E-state index is -0.0872. The Morgan fingerprint density at radius 2 is 2.00 bits per heavy atom. The van der Waals surface area contributed by atoms with Gasteiger partial charge in [-0.15, -0.1) is 10.2 Å². The van der Waals surface area contributed by atoms with Gasteiger partial charge in [-0.25, -0.2) is 4.79 Å². The van der Waals surface area contributed by atoms with E-state index in [9.17, 15) is 4.79 Å². The Kier molecular flexibility index (Phi) is 5.41. The summed E-state index contributed by atoms with van der Waals surface area (Å²) >= 11 is 1.60. The number of urea groups is 1. The van der Waals surface area contributed by atoms with E-state index < -0.39 is 0 Å². The van der Waals surface area contributed by atoms with Crippen molar-refractivity contribution in [3.63, 3.8) is 0 Å². The van der Waals surface area contributed by atoms with Gasteiger partial charge in [0.1, 0.15) is 0 Å². The van der Waals surface area contributed by atoms with Crippen LogP contribution in [-0.4, -0.2) is 34.2 Å². The number of hydrogen-bond acceptors (Lipinski definition) is 5. The minimum Gasteiger partial charge on any atom is -0.420 e. The van der Waals surface area contributed by atoms with Crippen LogP contribution in [0, 0.1) is 0 Å². The predicted molar refractivity (Wildman–Crippen MR) is 115 cm³/mol. The van der Waals surface area contributed by atoms with E-state index in [1.54, 1.807) is 11.3 Å². The highest BCUT2D eigenvalue weighted by atomic mass is 32.1. The van der Waals surface area contributed by atoms with Gasteiger partial charge in [-0.1, -0.05) is 32.9 Å². The largest absolute Gasteiger partial charge is 0.420 e. The fourth-order valence-electron chi connectivity index (χ4n) is 3.52. The van der Waals surface area contributed by atoms with Gasteiger partial charge < -0.3 is 14.6 Å². The van der Waals surface area contributed by atoms with Crippen LogP contribution < -0.4 is 5.32 Å². The highest BCUT2D eigenvalue weighted by molar-refractivity contribution is 7.08. The number of piperidine rings is 1. The summed E-state index contributed by atoms with van der Waals surface area (Å²) in [6, 6.07) is 9.94. The highest BCUT2D eigenvalue weighted by Gasteiger charge is 2.28. The molecule has 7 heteroatoms. The Morgan fingerprint density at radius 1 is 1.21 bits per heavy atom. The fourth-order valence-corrected chi connectivity index (χ4v) is 4.15. The molecule has 152 valence electrons. The Labute approximate surface area is 175 Å². The molecule has 1 atom stereocenters. The van der Waals surface area contributed by atoms with Gasteiger partial charge in [-0.05, 0) is 47.4 Å².